The van der Waals surface area contributed by atoms with E-state index in [4.69, 9.17) is 0 Å². The summed E-state index contributed by atoms with van der Waals surface area (Å²) in [7, 11) is 0. The summed E-state index contributed by atoms with van der Waals surface area (Å²) >= 11 is 0. The van der Waals surface area contributed by atoms with E-state index in [0.29, 0.717) is 0 Å². The van der Waals surface area contributed by atoms with E-state index in [1.165, 1.54) is 18.2 Å². The summed E-state index contributed by atoms with van der Waals surface area (Å²) in [5.41, 5.74) is -3.58. The van der Waals surface area contributed by atoms with Crippen molar-refractivity contribution in [3.8, 4) is 0 Å². The van der Waals surface area contributed by atoms with Crippen LogP contribution in [0.4, 0.5) is 4.79 Å². The minimum absolute atomic E-state index is 0.0518. The van der Waals surface area contributed by atoms with E-state index in [1.54, 1.807) is 16.7 Å². The van der Waals surface area contributed by atoms with Crippen molar-refractivity contribution in [1.82, 2.24) is 10.6 Å². The van der Waals surface area contributed by atoms with Gasteiger partial charge in [-0.2, -0.15) is 0 Å². The van der Waals surface area contributed by atoms with Gasteiger partial charge in [-0.15, -0.1) is 0 Å². The van der Waals surface area contributed by atoms with Crippen LogP contribution < -0.4 is 10.6 Å². The largest absolute Gasteiger partial charge is 0.507 e. The number of urea groups is 1. The molecule has 8 nitrogen and oxygen atoms in total. The second kappa shape index (κ2) is 4.00. The molecule has 3 rings (SSSR count). The number of fused-ring (bicyclic) bond motifs is 1. The lowest BCUT2D eigenvalue weighted by Gasteiger charge is -2.29. The van der Waals surface area contributed by atoms with E-state index in [2.05, 4.69) is 0 Å². The Morgan fingerprint density at radius 3 is 1.95 bits per heavy atom. The first-order valence-corrected chi connectivity index (χ1v) is 5.84. The predicted octanol–water partition coefficient (Wildman–Crippen LogP) is -0.751. The Bertz CT molecular complexity index is 744. The lowest BCUT2D eigenvalue weighted by atomic mass is 9.87. The molecule has 1 aliphatic carbocycles. The number of aliphatic hydroxyl groups is 2. The molecule has 1 saturated heterocycles. The van der Waals surface area contributed by atoms with Crippen LogP contribution in [0.25, 0.3) is 5.76 Å². The van der Waals surface area contributed by atoms with Crippen LogP contribution >= 0.6 is 0 Å². The van der Waals surface area contributed by atoms with Crippen LogP contribution in [0.5, 0.6) is 0 Å². The number of aliphatic hydroxyl groups excluding tert-OH is 1. The summed E-state index contributed by atoms with van der Waals surface area (Å²) in [5.74, 6) is -4.30. The molecule has 1 aromatic rings. The molecule has 4 amide bonds. The van der Waals surface area contributed by atoms with Gasteiger partial charge in [-0.05, 0) is 0 Å². The van der Waals surface area contributed by atoms with Crippen molar-refractivity contribution in [3.63, 3.8) is 0 Å². The number of nitrogens with one attached hydrogen (secondary N) is 2. The number of imide groups is 2. The molecule has 0 aromatic heterocycles. The van der Waals surface area contributed by atoms with E-state index in [9.17, 15) is 29.4 Å². The van der Waals surface area contributed by atoms with Crippen LogP contribution in [-0.4, -0.2) is 39.4 Å². The van der Waals surface area contributed by atoms with Crippen LogP contribution in [0, 0.1) is 0 Å². The lowest BCUT2D eigenvalue weighted by molar-refractivity contribution is -0.150. The van der Waals surface area contributed by atoms with Gasteiger partial charge in [-0.25, -0.2) is 4.79 Å². The number of benzene rings is 1. The van der Waals surface area contributed by atoms with Gasteiger partial charge in [-0.1, -0.05) is 24.3 Å². The van der Waals surface area contributed by atoms with E-state index in [0.717, 1.165) is 0 Å². The summed E-state index contributed by atoms with van der Waals surface area (Å²) < 4.78 is 0. The normalized spacial score (nSPS) is 20.2. The SMILES string of the molecule is O=C1NC(=O)C(O)(C2=C(O)c3ccccc3C2=O)C(=O)N1. The third-order valence-corrected chi connectivity index (χ3v) is 3.36. The second-order valence-corrected chi connectivity index (χ2v) is 4.55. The number of hydrogen-bond donors (Lipinski definition) is 4. The molecular formula is C13H8N2O6. The first-order valence-electron chi connectivity index (χ1n) is 5.84. The maximum absolute atomic E-state index is 12.3. The number of amides is 4. The number of barbiturate groups is 1. The Morgan fingerprint density at radius 1 is 0.905 bits per heavy atom. The molecule has 0 unspecified atom stereocenters. The highest BCUT2D eigenvalue weighted by Gasteiger charge is 2.57. The summed E-state index contributed by atoms with van der Waals surface area (Å²) in [5, 5.41) is 23.8. The van der Waals surface area contributed by atoms with Crippen molar-refractivity contribution in [2.45, 2.75) is 5.60 Å². The highest BCUT2D eigenvalue weighted by molar-refractivity contribution is 6.33. The van der Waals surface area contributed by atoms with Crippen molar-refractivity contribution in [2.75, 3.05) is 0 Å². The fourth-order valence-corrected chi connectivity index (χ4v) is 2.35. The number of rotatable bonds is 1. The number of carbonyl (C=O) groups is 4. The predicted molar refractivity (Wildman–Crippen MR) is 67.0 cm³/mol. The number of hydrogen-bond acceptors (Lipinski definition) is 6. The third kappa shape index (κ3) is 1.53. The molecule has 2 aliphatic rings. The maximum Gasteiger partial charge on any atom is 0.328 e. The van der Waals surface area contributed by atoms with E-state index in [1.807, 2.05) is 0 Å². The van der Waals surface area contributed by atoms with Crippen molar-refractivity contribution in [2.24, 2.45) is 0 Å². The van der Waals surface area contributed by atoms with E-state index >= 15 is 0 Å². The number of ketones is 1. The van der Waals surface area contributed by atoms with Gasteiger partial charge in [-0.3, -0.25) is 25.0 Å². The van der Waals surface area contributed by atoms with Crippen LogP contribution in [0.15, 0.2) is 29.8 Å². The zero-order valence-corrected chi connectivity index (χ0v) is 10.3. The Hall–Kier alpha value is -3.00. The highest BCUT2D eigenvalue weighted by Crippen LogP contribution is 2.37. The minimum atomic E-state index is -2.96. The average molecular weight is 288 g/mol. The number of carbonyl (C=O) groups excluding carboxylic acids is 4. The molecule has 8 heteroatoms. The third-order valence-electron chi connectivity index (χ3n) is 3.36. The molecule has 1 fully saturated rings. The molecular weight excluding hydrogens is 280 g/mol. The van der Waals surface area contributed by atoms with Gasteiger partial charge in [0.05, 0.1) is 5.57 Å². The standard InChI is InChI=1S/C13H8N2O6/c16-8-5-3-1-2-4-6(5)9(17)7(8)13(21)10(18)14-12(20)15-11(13)19/h1-4,16,21H,(H2,14,15,18,19,20). The molecule has 21 heavy (non-hydrogen) atoms. The van der Waals surface area contributed by atoms with Crippen molar-refractivity contribution >= 4 is 29.4 Å². The minimum Gasteiger partial charge on any atom is -0.507 e. The zero-order valence-electron chi connectivity index (χ0n) is 10.3. The molecule has 106 valence electrons. The van der Waals surface area contributed by atoms with Crippen LogP contribution in [0.1, 0.15) is 15.9 Å². The summed E-state index contributed by atoms with van der Waals surface area (Å²) in [6.07, 6.45) is 0. The van der Waals surface area contributed by atoms with Crippen molar-refractivity contribution < 1.29 is 29.4 Å². The van der Waals surface area contributed by atoms with Gasteiger partial charge in [0.15, 0.2) is 5.78 Å². The average Bonchev–Trinajstić information content (AvgIpc) is 2.69. The monoisotopic (exact) mass is 288 g/mol. The van der Waals surface area contributed by atoms with Gasteiger partial charge in [0.25, 0.3) is 17.4 Å². The van der Waals surface area contributed by atoms with E-state index in [-0.39, 0.29) is 11.1 Å². The number of Topliss-reactive ketones (excluding diaryl/α,β-unsaturated/α-hetero) is 1. The van der Waals surface area contributed by atoms with Gasteiger partial charge >= 0.3 is 6.03 Å². The Balaban J connectivity index is 2.19. The maximum atomic E-state index is 12.3. The Morgan fingerprint density at radius 2 is 1.43 bits per heavy atom. The molecule has 0 bridgehead atoms. The second-order valence-electron chi connectivity index (χ2n) is 4.55. The smallest absolute Gasteiger partial charge is 0.328 e. The van der Waals surface area contributed by atoms with Crippen molar-refractivity contribution in [3.05, 3.63) is 41.0 Å². The quantitative estimate of drug-likeness (QED) is 0.502. The van der Waals surface area contributed by atoms with Crippen LogP contribution in [0.3, 0.4) is 0 Å². The summed E-state index contributed by atoms with van der Waals surface area (Å²) in [4.78, 5) is 46.9. The van der Waals surface area contributed by atoms with Crippen LogP contribution in [0.2, 0.25) is 0 Å². The fourth-order valence-electron chi connectivity index (χ4n) is 2.35. The zero-order chi connectivity index (χ0) is 15.4. The molecule has 1 heterocycles. The fraction of sp³-hybridized carbons (Fsp3) is 0.0769. The first-order chi connectivity index (χ1) is 9.87. The molecule has 1 aliphatic heterocycles. The van der Waals surface area contributed by atoms with Gasteiger partial charge < -0.3 is 10.2 Å². The van der Waals surface area contributed by atoms with Gasteiger partial charge in [0.1, 0.15) is 5.76 Å². The topological polar surface area (TPSA) is 133 Å². The molecule has 4 N–H and O–H groups in total. The molecule has 0 spiro atoms. The lowest BCUT2D eigenvalue weighted by Crippen LogP contribution is -2.68. The Labute approximate surface area is 117 Å². The molecule has 0 saturated carbocycles. The molecule has 1 aromatic carbocycles. The first kappa shape index (κ1) is 13.0. The van der Waals surface area contributed by atoms with Gasteiger partial charge in [0, 0.05) is 11.1 Å². The molecule has 0 atom stereocenters. The van der Waals surface area contributed by atoms with Gasteiger partial charge in [0.2, 0.25) is 0 Å². The van der Waals surface area contributed by atoms with Crippen LogP contribution in [-0.2, 0) is 9.59 Å². The Kier molecular flexibility index (Phi) is 2.47. The summed E-state index contributed by atoms with van der Waals surface area (Å²) in [6, 6.07) is 4.75. The highest BCUT2D eigenvalue weighted by atomic mass is 16.3. The van der Waals surface area contributed by atoms with E-state index < -0.39 is 40.6 Å². The van der Waals surface area contributed by atoms with Crippen molar-refractivity contribution in [1.29, 1.82) is 0 Å². The molecule has 0 radical (unpaired) electrons. The summed E-state index contributed by atoms with van der Waals surface area (Å²) in [6.45, 7) is 0.